The number of amides is 1. The Hall–Kier alpha value is -2.02. The molecule has 1 aromatic carbocycles. The van der Waals surface area contributed by atoms with Crippen LogP contribution in [0.3, 0.4) is 0 Å². The fourth-order valence-electron chi connectivity index (χ4n) is 2.43. The van der Waals surface area contributed by atoms with E-state index >= 15 is 0 Å². The van der Waals surface area contributed by atoms with E-state index < -0.39 is 22.3 Å². The normalized spacial score (nSPS) is 22.3. The van der Waals surface area contributed by atoms with E-state index in [1.807, 2.05) is 0 Å². The fourth-order valence-corrected chi connectivity index (χ4v) is 2.43. The maximum Gasteiger partial charge on any atom is 0.282 e. The van der Waals surface area contributed by atoms with Crippen molar-refractivity contribution in [2.75, 3.05) is 0 Å². The average Bonchev–Trinajstić information content (AvgIpc) is 2.40. The number of nitrogens with zero attached hydrogens (tertiary/aromatic N) is 1. The Morgan fingerprint density at radius 2 is 2.10 bits per heavy atom. The summed E-state index contributed by atoms with van der Waals surface area (Å²) in [6.07, 6.45) is 3.49. The van der Waals surface area contributed by atoms with Gasteiger partial charge < -0.3 is 11.1 Å². The van der Waals surface area contributed by atoms with E-state index in [-0.39, 0.29) is 17.6 Å². The second-order valence-corrected chi connectivity index (χ2v) is 4.95. The van der Waals surface area contributed by atoms with E-state index in [0.29, 0.717) is 0 Å². The van der Waals surface area contributed by atoms with Crippen molar-refractivity contribution >= 4 is 11.6 Å². The van der Waals surface area contributed by atoms with Crippen molar-refractivity contribution in [1.29, 1.82) is 0 Å². The Kier molecular flexibility index (Phi) is 4.29. The molecule has 0 bridgehead atoms. The smallest absolute Gasteiger partial charge is 0.282 e. The molecule has 108 valence electrons. The van der Waals surface area contributed by atoms with Crippen molar-refractivity contribution in [2.45, 2.75) is 37.8 Å². The summed E-state index contributed by atoms with van der Waals surface area (Å²) in [4.78, 5) is 22.3. The second-order valence-electron chi connectivity index (χ2n) is 4.95. The zero-order chi connectivity index (χ0) is 14.7. The molecule has 20 heavy (non-hydrogen) atoms. The van der Waals surface area contributed by atoms with Gasteiger partial charge in [-0.15, -0.1) is 0 Å². The summed E-state index contributed by atoms with van der Waals surface area (Å²) in [5.41, 5.74) is 5.23. The molecule has 1 aliphatic carbocycles. The van der Waals surface area contributed by atoms with Gasteiger partial charge in [0.25, 0.3) is 11.6 Å². The molecule has 1 fully saturated rings. The number of nitro benzene ring substituents is 1. The quantitative estimate of drug-likeness (QED) is 0.651. The number of hydrogen-bond donors (Lipinski definition) is 2. The van der Waals surface area contributed by atoms with Gasteiger partial charge in [-0.3, -0.25) is 14.9 Å². The Bertz CT molecular complexity index is 536. The van der Waals surface area contributed by atoms with Gasteiger partial charge >= 0.3 is 0 Å². The first kappa shape index (κ1) is 14.4. The number of rotatable bonds is 3. The van der Waals surface area contributed by atoms with E-state index in [1.54, 1.807) is 0 Å². The van der Waals surface area contributed by atoms with Gasteiger partial charge in [-0.2, -0.15) is 0 Å². The minimum Gasteiger partial charge on any atom is -0.348 e. The lowest BCUT2D eigenvalue weighted by atomic mass is 9.91. The highest BCUT2D eigenvalue weighted by Gasteiger charge is 2.27. The molecule has 1 aromatic rings. The SMILES string of the molecule is NC1CCCCC1NC(=O)c1cc(F)ccc1[N+](=O)[O-]. The standard InChI is InChI=1S/C13H16FN3O3/c14-8-5-6-12(17(19)20)9(7-8)13(18)16-11-4-2-1-3-10(11)15/h5-7,10-11H,1-4,15H2,(H,16,18). The molecular formula is C13H16FN3O3. The molecule has 1 saturated carbocycles. The van der Waals surface area contributed by atoms with Crippen molar-refractivity contribution in [3.05, 3.63) is 39.7 Å². The third-order valence-corrected chi connectivity index (χ3v) is 3.54. The van der Waals surface area contributed by atoms with Crippen LogP contribution in [0.1, 0.15) is 36.0 Å². The number of nitrogens with one attached hydrogen (secondary N) is 1. The highest BCUT2D eigenvalue weighted by Crippen LogP contribution is 2.21. The third-order valence-electron chi connectivity index (χ3n) is 3.54. The predicted molar refractivity (Wildman–Crippen MR) is 70.8 cm³/mol. The zero-order valence-corrected chi connectivity index (χ0v) is 10.8. The minimum absolute atomic E-state index is 0.166. The van der Waals surface area contributed by atoms with Gasteiger partial charge in [-0.25, -0.2) is 4.39 Å². The van der Waals surface area contributed by atoms with Crippen LogP contribution in [0.25, 0.3) is 0 Å². The van der Waals surface area contributed by atoms with Crippen molar-refractivity contribution in [2.24, 2.45) is 5.73 Å². The van der Waals surface area contributed by atoms with Gasteiger partial charge in [-0.1, -0.05) is 12.8 Å². The van der Waals surface area contributed by atoms with E-state index in [0.717, 1.165) is 43.9 Å². The molecule has 2 rings (SSSR count). The largest absolute Gasteiger partial charge is 0.348 e. The van der Waals surface area contributed by atoms with Crippen molar-refractivity contribution in [3.63, 3.8) is 0 Å². The molecule has 6 nitrogen and oxygen atoms in total. The molecule has 0 radical (unpaired) electrons. The molecule has 0 heterocycles. The second kappa shape index (κ2) is 5.96. The van der Waals surface area contributed by atoms with Crippen LogP contribution in [0, 0.1) is 15.9 Å². The van der Waals surface area contributed by atoms with Crippen LogP contribution in [0.2, 0.25) is 0 Å². The maximum absolute atomic E-state index is 13.2. The topological polar surface area (TPSA) is 98.3 Å². The first-order valence-electron chi connectivity index (χ1n) is 6.49. The lowest BCUT2D eigenvalue weighted by molar-refractivity contribution is -0.385. The molecule has 2 atom stereocenters. The molecule has 7 heteroatoms. The summed E-state index contributed by atoms with van der Waals surface area (Å²) >= 11 is 0. The van der Waals surface area contributed by atoms with Crippen LogP contribution in [0.4, 0.5) is 10.1 Å². The number of nitrogens with two attached hydrogens (primary N) is 1. The molecule has 0 saturated heterocycles. The molecule has 0 spiro atoms. The van der Waals surface area contributed by atoms with Crippen LogP contribution in [0.5, 0.6) is 0 Å². The number of hydrogen-bond acceptors (Lipinski definition) is 4. The van der Waals surface area contributed by atoms with Crippen LogP contribution in [-0.4, -0.2) is 22.9 Å². The minimum atomic E-state index is -0.699. The van der Waals surface area contributed by atoms with Gasteiger partial charge in [-0.05, 0) is 25.0 Å². The van der Waals surface area contributed by atoms with Crippen LogP contribution in [0.15, 0.2) is 18.2 Å². The van der Waals surface area contributed by atoms with Crippen LogP contribution >= 0.6 is 0 Å². The van der Waals surface area contributed by atoms with Crippen LogP contribution < -0.4 is 11.1 Å². The van der Waals surface area contributed by atoms with E-state index in [2.05, 4.69) is 5.32 Å². The van der Waals surface area contributed by atoms with Crippen LogP contribution in [-0.2, 0) is 0 Å². The summed E-state index contributed by atoms with van der Waals surface area (Å²) in [5, 5.41) is 13.5. The highest BCUT2D eigenvalue weighted by molar-refractivity contribution is 5.98. The number of halogens is 1. The average molecular weight is 281 g/mol. The Balaban J connectivity index is 2.20. The van der Waals surface area contributed by atoms with E-state index in [4.69, 9.17) is 5.73 Å². The van der Waals surface area contributed by atoms with Crippen molar-refractivity contribution < 1.29 is 14.1 Å². The Morgan fingerprint density at radius 3 is 2.75 bits per heavy atom. The lowest BCUT2D eigenvalue weighted by Gasteiger charge is -2.29. The number of nitro groups is 1. The first-order valence-corrected chi connectivity index (χ1v) is 6.49. The fraction of sp³-hybridized carbons (Fsp3) is 0.462. The first-order chi connectivity index (χ1) is 9.49. The molecular weight excluding hydrogens is 265 g/mol. The number of benzene rings is 1. The number of carbonyl (C=O) groups is 1. The molecule has 0 aliphatic heterocycles. The van der Waals surface area contributed by atoms with Gasteiger partial charge in [0.2, 0.25) is 0 Å². The highest BCUT2D eigenvalue weighted by atomic mass is 19.1. The van der Waals surface area contributed by atoms with Gasteiger partial charge in [0.05, 0.1) is 4.92 Å². The lowest BCUT2D eigenvalue weighted by Crippen LogP contribution is -2.49. The molecule has 3 N–H and O–H groups in total. The van der Waals surface area contributed by atoms with Crippen molar-refractivity contribution in [3.8, 4) is 0 Å². The van der Waals surface area contributed by atoms with Gasteiger partial charge in [0.1, 0.15) is 11.4 Å². The molecule has 1 aliphatic rings. The third kappa shape index (κ3) is 3.11. The monoisotopic (exact) mass is 281 g/mol. The molecule has 2 unspecified atom stereocenters. The van der Waals surface area contributed by atoms with E-state index in [9.17, 15) is 19.3 Å². The molecule has 0 aromatic heterocycles. The predicted octanol–water partition coefficient (Wildman–Crippen LogP) is 1.73. The summed E-state index contributed by atoms with van der Waals surface area (Å²) < 4.78 is 13.2. The summed E-state index contributed by atoms with van der Waals surface area (Å²) in [6.45, 7) is 0. The van der Waals surface area contributed by atoms with Gasteiger partial charge in [0, 0.05) is 18.2 Å². The zero-order valence-electron chi connectivity index (χ0n) is 10.8. The van der Waals surface area contributed by atoms with E-state index in [1.165, 1.54) is 0 Å². The molecule has 1 amide bonds. The maximum atomic E-state index is 13.2. The summed E-state index contributed by atoms with van der Waals surface area (Å²) in [7, 11) is 0. The summed E-state index contributed by atoms with van der Waals surface area (Å²) in [6, 6.07) is 2.44. The van der Waals surface area contributed by atoms with Gasteiger partial charge in [0.15, 0.2) is 0 Å². The Morgan fingerprint density at radius 1 is 1.40 bits per heavy atom. The van der Waals surface area contributed by atoms with Crippen molar-refractivity contribution in [1.82, 2.24) is 5.32 Å². The Labute approximate surface area is 115 Å². The number of carbonyl (C=O) groups excluding carboxylic acids is 1. The summed E-state index contributed by atoms with van der Waals surface area (Å²) in [5.74, 6) is -1.34.